The molecule has 0 bridgehead atoms. The molecule has 0 aromatic rings. The maximum absolute atomic E-state index is 2.57. The van der Waals surface area contributed by atoms with E-state index in [1.807, 2.05) is 0 Å². The molecule has 2 aliphatic carbocycles. The molecule has 0 N–H and O–H groups in total. The highest BCUT2D eigenvalue weighted by molar-refractivity contribution is 14.1. The highest BCUT2D eigenvalue weighted by Gasteiger charge is 2.54. The van der Waals surface area contributed by atoms with E-state index in [-0.39, 0.29) is 0 Å². The van der Waals surface area contributed by atoms with Gasteiger partial charge in [0.2, 0.25) is 0 Å². The maximum Gasteiger partial charge on any atom is 0.0172 e. The monoisotopic (exact) mass is 194 g/mol. The molecule has 0 aromatic carbocycles. The van der Waals surface area contributed by atoms with Crippen LogP contribution in [0.4, 0.5) is 0 Å². The average molecular weight is 194 g/mol. The number of fused-ring (bicyclic) bond motifs is 1. The van der Waals surface area contributed by atoms with Gasteiger partial charge in [-0.1, -0.05) is 22.6 Å². The van der Waals surface area contributed by atoms with E-state index in [4.69, 9.17) is 0 Å². The summed E-state index contributed by atoms with van der Waals surface area (Å²) < 4.78 is 1.10. The normalized spacial score (nSPS) is 62.5. The Morgan fingerprint density at radius 2 is 1.67 bits per heavy atom. The first-order valence-corrected chi connectivity index (χ1v) is 3.78. The van der Waals surface area contributed by atoms with Gasteiger partial charge in [0.25, 0.3) is 0 Å². The van der Waals surface area contributed by atoms with Crippen molar-refractivity contribution in [2.45, 2.75) is 16.8 Å². The summed E-state index contributed by atoms with van der Waals surface area (Å²) in [5.41, 5.74) is 0. The summed E-state index contributed by atoms with van der Waals surface area (Å²) in [6.45, 7) is 0. The summed E-state index contributed by atoms with van der Waals surface area (Å²) in [6.07, 6.45) is 3.08. The minimum absolute atomic E-state index is 1.10. The highest BCUT2D eigenvalue weighted by atomic mass is 127. The molecule has 3 atom stereocenters. The molecule has 2 rings (SSSR count). The summed E-state index contributed by atoms with van der Waals surface area (Å²) in [5.74, 6) is 2.37. The third kappa shape index (κ3) is 0.266. The summed E-state index contributed by atoms with van der Waals surface area (Å²) >= 11 is 2.57. The fraction of sp³-hybridized carbons (Fsp3) is 1.00. The molecule has 1 heteroatoms. The Labute approximate surface area is 51.4 Å². The Kier molecular flexibility index (Phi) is 0.574. The van der Waals surface area contributed by atoms with Crippen LogP contribution in [0.5, 0.6) is 0 Å². The van der Waals surface area contributed by atoms with Gasteiger partial charge in [-0.2, -0.15) is 0 Å². The topological polar surface area (TPSA) is 0 Å². The molecule has 0 radical (unpaired) electrons. The summed E-state index contributed by atoms with van der Waals surface area (Å²) in [5, 5.41) is 0. The number of hydrogen-bond acceptors (Lipinski definition) is 0. The number of rotatable bonds is 0. The van der Waals surface area contributed by atoms with Gasteiger partial charge < -0.3 is 0 Å². The van der Waals surface area contributed by atoms with Crippen LogP contribution in [-0.4, -0.2) is 3.92 Å². The van der Waals surface area contributed by atoms with E-state index in [0.717, 1.165) is 3.92 Å². The van der Waals surface area contributed by atoms with Crippen molar-refractivity contribution in [1.82, 2.24) is 0 Å². The molecule has 0 spiro atoms. The lowest BCUT2D eigenvalue weighted by Gasteiger charge is -2.04. The van der Waals surface area contributed by atoms with E-state index in [2.05, 4.69) is 22.6 Å². The minimum atomic E-state index is 1.10. The first-order chi connectivity index (χ1) is 2.89. The largest absolute Gasteiger partial charge is 0.0820 e. The fourth-order valence-corrected chi connectivity index (χ4v) is 2.81. The lowest BCUT2D eigenvalue weighted by Crippen LogP contribution is -1.93. The first-order valence-electron chi connectivity index (χ1n) is 2.53. The Morgan fingerprint density at radius 1 is 1.17 bits per heavy atom. The lowest BCUT2D eigenvalue weighted by molar-refractivity contribution is 0.468. The second kappa shape index (κ2) is 0.932. The van der Waals surface area contributed by atoms with Crippen molar-refractivity contribution >= 4 is 22.6 Å². The Balaban J connectivity index is 2.11. The van der Waals surface area contributed by atoms with Crippen LogP contribution >= 0.6 is 22.6 Å². The molecule has 0 amide bonds. The molecule has 2 fully saturated rings. The molecular weight excluding hydrogens is 187 g/mol. The molecule has 6 heavy (non-hydrogen) atoms. The minimum Gasteiger partial charge on any atom is -0.0820 e. The maximum atomic E-state index is 2.57. The van der Waals surface area contributed by atoms with Gasteiger partial charge >= 0.3 is 0 Å². The van der Waals surface area contributed by atoms with Crippen molar-refractivity contribution in [3.8, 4) is 0 Å². The van der Waals surface area contributed by atoms with Gasteiger partial charge in [0.15, 0.2) is 0 Å². The van der Waals surface area contributed by atoms with Gasteiger partial charge in [0, 0.05) is 3.92 Å². The van der Waals surface area contributed by atoms with Crippen LogP contribution < -0.4 is 0 Å². The van der Waals surface area contributed by atoms with Crippen molar-refractivity contribution in [2.24, 2.45) is 11.8 Å². The van der Waals surface area contributed by atoms with Gasteiger partial charge in [-0.3, -0.25) is 0 Å². The van der Waals surface area contributed by atoms with Crippen LogP contribution in [0.3, 0.4) is 0 Å². The van der Waals surface area contributed by atoms with Crippen molar-refractivity contribution in [2.75, 3.05) is 0 Å². The molecule has 0 aromatic heterocycles. The standard InChI is InChI=1S/C5H7I/c6-5-3-1-2-4(3)5/h3-5H,1-2H2/t3-,4?,5?/m1/s1. The molecule has 0 aliphatic heterocycles. The van der Waals surface area contributed by atoms with Crippen LogP contribution in [0.15, 0.2) is 0 Å². The quantitative estimate of drug-likeness (QED) is 0.407. The SMILES string of the molecule is IC1C2CC[C@@H]12. The zero-order valence-electron chi connectivity index (χ0n) is 3.52. The molecular formula is C5H7I. The van der Waals surface area contributed by atoms with E-state index in [9.17, 15) is 0 Å². The Hall–Kier alpha value is 0.730. The van der Waals surface area contributed by atoms with Crippen molar-refractivity contribution in [1.29, 1.82) is 0 Å². The van der Waals surface area contributed by atoms with Crippen LogP contribution in [-0.2, 0) is 0 Å². The van der Waals surface area contributed by atoms with Crippen LogP contribution in [0.25, 0.3) is 0 Å². The van der Waals surface area contributed by atoms with E-state index >= 15 is 0 Å². The summed E-state index contributed by atoms with van der Waals surface area (Å²) in [4.78, 5) is 0. The van der Waals surface area contributed by atoms with Gasteiger partial charge in [-0.25, -0.2) is 0 Å². The van der Waals surface area contributed by atoms with Crippen LogP contribution in [0.1, 0.15) is 12.8 Å². The zero-order chi connectivity index (χ0) is 4.15. The number of hydrogen-bond donors (Lipinski definition) is 0. The van der Waals surface area contributed by atoms with Gasteiger partial charge in [0.05, 0.1) is 0 Å². The summed E-state index contributed by atoms with van der Waals surface area (Å²) in [6, 6.07) is 0. The third-order valence-electron chi connectivity index (χ3n) is 2.06. The Bertz CT molecular complexity index is 63.3. The highest BCUT2D eigenvalue weighted by Crippen LogP contribution is 2.60. The van der Waals surface area contributed by atoms with E-state index in [0.29, 0.717) is 0 Å². The Morgan fingerprint density at radius 3 is 1.67 bits per heavy atom. The molecule has 2 aliphatic rings. The predicted octanol–water partition coefficient (Wildman–Crippen LogP) is 1.83. The molecule has 0 heterocycles. The number of alkyl halides is 1. The molecule has 2 saturated carbocycles. The van der Waals surface area contributed by atoms with Gasteiger partial charge in [-0.15, -0.1) is 0 Å². The number of halogens is 1. The van der Waals surface area contributed by atoms with E-state index in [1.165, 1.54) is 24.7 Å². The second-order valence-corrected chi connectivity index (χ2v) is 3.79. The van der Waals surface area contributed by atoms with Crippen LogP contribution in [0.2, 0.25) is 0 Å². The van der Waals surface area contributed by atoms with Crippen molar-refractivity contribution < 1.29 is 0 Å². The summed E-state index contributed by atoms with van der Waals surface area (Å²) in [7, 11) is 0. The van der Waals surface area contributed by atoms with Crippen LogP contribution in [0, 0.1) is 11.8 Å². The predicted molar refractivity (Wildman–Crippen MR) is 34.0 cm³/mol. The zero-order valence-corrected chi connectivity index (χ0v) is 5.68. The third-order valence-corrected chi connectivity index (χ3v) is 3.91. The molecule has 0 saturated heterocycles. The smallest absolute Gasteiger partial charge is 0.0172 e. The second-order valence-electron chi connectivity index (χ2n) is 2.35. The van der Waals surface area contributed by atoms with Crippen molar-refractivity contribution in [3.05, 3.63) is 0 Å². The first kappa shape index (κ1) is 3.70. The van der Waals surface area contributed by atoms with Crippen molar-refractivity contribution in [3.63, 3.8) is 0 Å². The van der Waals surface area contributed by atoms with Gasteiger partial charge in [0.1, 0.15) is 0 Å². The fourth-order valence-electron chi connectivity index (χ4n) is 1.27. The molecule has 34 valence electrons. The molecule has 2 unspecified atom stereocenters. The average Bonchev–Trinajstić information content (AvgIpc) is 1.63. The molecule has 0 nitrogen and oxygen atoms in total. The van der Waals surface area contributed by atoms with Gasteiger partial charge in [-0.05, 0) is 24.7 Å². The lowest BCUT2D eigenvalue weighted by atomic mass is 10.0. The van der Waals surface area contributed by atoms with E-state index < -0.39 is 0 Å². The van der Waals surface area contributed by atoms with E-state index in [1.54, 1.807) is 0 Å².